The minimum absolute atomic E-state index is 0.0314. The van der Waals surface area contributed by atoms with Gasteiger partial charge in [-0.25, -0.2) is 0 Å². The zero-order valence-electron chi connectivity index (χ0n) is 14.0. The van der Waals surface area contributed by atoms with Gasteiger partial charge in [-0.3, -0.25) is 9.59 Å². The monoisotopic (exact) mass is 319 g/mol. The Balaban J connectivity index is 1.95. The highest BCUT2D eigenvalue weighted by atomic mass is 16.5. The zero-order chi connectivity index (χ0) is 17.0. The molecule has 2 atom stereocenters. The molecule has 0 unspecified atom stereocenters. The lowest BCUT2D eigenvalue weighted by atomic mass is 10.0. The third kappa shape index (κ3) is 4.71. The van der Waals surface area contributed by atoms with Gasteiger partial charge in [0.05, 0.1) is 12.0 Å². The van der Waals surface area contributed by atoms with Crippen LogP contribution in [0.1, 0.15) is 38.7 Å². The smallest absolute Gasteiger partial charge is 0.306 e. The molecule has 1 aromatic rings. The van der Waals surface area contributed by atoms with E-state index in [1.165, 1.54) is 0 Å². The molecule has 0 saturated heterocycles. The molecule has 0 spiro atoms. The third-order valence-corrected chi connectivity index (χ3v) is 4.20. The lowest BCUT2D eigenvalue weighted by Crippen LogP contribution is -2.31. The highest BCUT2D eigenvalue weighted by molar-refractivity contribution is 5.80. The summed E-state index contributed by atoms with van der Waals surface area (Å²) in [5.74, 6) is -0.508. The van der Waals surface area contributed by atoms with E-state index in [1.807, 2.05) is 38.1 Å². The predicted octanol–water partition coefficient (Wildman–Crippen LogP) is 2.93. The molecule has 1 fully saturated rings. The summed E-state index contributed by atoms with van der Waals surface area (Å²) in [4.78, 5) is 25.2. The van der Waals surface area contributed by atoms with Crippen molar-refractivity contribution in [3.8, 4) is 5.75 Å². The van der Waals surface area contributed by atoms with Crippen LogP contribution in [-0.4, -0.2) is 35.0 Å². The van der Waals surface area contributed by atoms with E-state index in [2.05, 4.69) is 0 Å². The summed E-state index contributed by atoms with van der Waals surface area (Å²) in [5.41, 5.74) is 1.01. The molecule has 1 saturated carbocycles. The second-order valence-corrected chi connectivity index (χ2v) is 6.55. The molecule has 1 amide bonds. The molecule has 1 N–H and O–H groups in total. The highest BCUT2D eigenvalue weighted by Crippen LogP contribution is 2.32. The first kappa shape index (κ1) is 17.3. The quantitative estimate of drug-likeness (QED) is 0.875. The summed E-state index contributed by atoms with van der Waals surface area (Å²) in [6.07, 6.45) is 1.82. The molecule has 1 aliphatic rings. The Kier molecular flexibility index (Phi) is 5.64. The van der Waals surface area contributed by atoms with E-state index in [1.54, 1.807) is 11.9 Å². The Hall–Kier alpha value is -2.04. The number of ether oxygens (including phenoxy) is 1. The van der Waals surface area contributed by atoms with Crippen molar-refractivity contribution in [2.75, 3.05) is 7.05 Å². The van der Waals surface area contributed by atoms with Crippen molar-refractivity contribution in [3.05, 3.63) is 29.8 Å². The molecular formula is C18H25NO4. The number of benzene rings is 1. The molecule has 5 nitrogen and oxygen atoms in total. The number of carbonyl (C=O) groups excluding carboxylic acids is 1. The lowest BCUT2D eigenvalue weighted by Gasteiger charge is -2.21. The van der Waals surface area contributed by atoms with E-state index in [4.69, 9.17) is 9.84 Å². The summed E-state index contributed by atoms with van der Waals surface area (Å²) < 4.78 is 5.67. The van der Waals surface area contributed by atoms with E-state index >= 15 is 0 Å². The normalized spacial score (nSPS) is 20.5. The van der Waals surface area contributed by atoms with Crippen LogP contribution in [0.3, 0.4) is 0 Å². The maximum Gasteiger partial charge on any atom is 0.306 e. The fourth-order valence-corrected chi connectivity index (χ4v) is 3.08. The Morgan fingerprint density at radius 1 is 1.30 bits per heavy atom. The zero-order valence-corrected chi connectivity index (χ0v) is 14.0. The molecule has 5 heteroatoms. The van der Waals surface area contributed by atoms with Gasteiger partial charge in [0, 0.05) is 19.5 Å². The summed E-state index contributed by atoms with van der Waals surface area (Å²) in [6.45, 7) is 4.45. The van der Waals surface area contributed by atoms with Gasteiger partial charge in [-0.2, -0.15) is 0 Å². The number of carboxylic acids is 1. The van der Waals surface area contributed by atoms with E-state index in [0.717, 1.165) is 11.3 Å². The average molecular weight is 319 g/mol. The van der Waals surface area contributed by atoms with Gasteiger partial charge < -0.3 is 14.7 Å². The summed E-state index contributed by atoms with van der Waals surface area (Å²) in [6, 6.07) is 7.73. The number of amides is 1. The average Bonchev–Trinajstić information content (AvgIpc) is 2.96. The van der Waals surface area contributed by atoms with Gasteiger partial charge in [-0.1, -0.05) is 12.1 Å². The molecule has 0 radical (unpaired) electrons. The van der Waals surface area contributed by atoms with Crippen molar-refractivity contribution in [3.63, 3.8) is 0 Å². The van der Waals surface area contributed by atoms with Gasteiger partial charge in [0.15, 0.2) is 0 Å². The van der Waals surface area contributed by atoms with Crippen LogP contribution >= 0.6 is 0 Å². The van der Waals surface area contributed by atoms with Crippen molar-refractivity contribution in [2.24, 2.45) is 11.8 Å². The SMILES string of the molecule is CC(C)Oc1cccc(CN(C)C(=O)[C@@H]2CC[C@H](C(=O)O)C2)c1. The number of hydrogen-bond acceptors (Lipinski definition) is 3. The van der Waals surface area contributed by atoms with Crippen molar-refractivity contribution in [2.45, 2.75) is 45.8 Å². The standard InChI is InChI=1S/C18H25NO4/c1-12(2)23-16-6-4-5-13(9-16)11-19(3)17(20)14-7-8-15(10-14)18(21)22/h4-6,9,12,14-15H,7-8,10-11H2,1-3H3,(H,21,22)/t14-,15+/m1/s1. The van der Waals surface area contributed by atoms with Crippen molar-refractivity contribution >= 4 is 11.9 Å². The molecule has 126 valence electrons. The largest absolute Gasteiger partial charge is 0.491 e. The fourth-order valence-electron chi connectivity index (χ4n) is 3.08. The second-order valence-electron chi connectivity index (χ2n) is 6.55. The van der Waals surface area contributed by atoms with Crippen LogP contribution in [-0.2, 0) is 16.1 Å². The van der Waals surface area contributed by atoms with Gasteiger partial charge >= 0.3 is 5.97 Å². The number of rotatable bonds is 6. The van der Waals surface area contributed by atoms with Gasteiger partial charge in [-0.15, -0.1) is 0 Å². The first-order valence-corrected chi connectivity index (χ1v) is 8.10. The Bertz CT molecular complexity index is 570. The number of carbonyl (C=O) groups is 2. The molecule has 1 aliphatic carbocycles. The van der Waals surface area contributed by atoms with E-state index in [-0.39, 0.29) is 23.8 Å². The summed E-state index contributed by atoms with van der Waals surface area (Å²) >= 11 is 0. The van der Waals surface area contributed by atoms with Gasteiger partial charge in [0.1, 0.15) is 5.75 Å². The number of nitrogens with zero attached hydrogens (tertiary/aromatic N) is 1. The van der Waals surface area contributed by atoms with E-state index in [0.29, 0.717) is 25.8 Å². The second kappa shape index (κ2) is 7.49. The molecule has 0 aliphatic heterocycles. The van der Waals surface area contributed by atoms with Crippen molar-refractivity contribution < 1.29 is 19.4 Å². The minimum Gasteiger partial charge on any atom is -0.491 e. The first-order chi connectivity index (χ1) is 10.9. The van der Waals surface area contributed by atoms with E-state index in [9.17, 15) is 9.59 Å². The number of carboxylic acid groups (broad SMARTS) is 1. The number of hydrogen-bond donors (Lipinski definition) is 1. The highest BCUT2D eigenvalue weighted by Gasteiger charge is 2.35. The van der Waals surface area contributed by atoms with Crippen LogP contribution in [0.5, 0.6) is 5.75 Å². The lowest BCUT2D eigenvalue weighted by molar-refractivity contribution is -0.141. The van der Waals surface area contributed by atoms with Crippen LogP contribution < -0.4 is 4.74 Å². The fraction of sp³-hybridized carbons (Fsp3) is 0.556. The predicted molar refractivity (Wildman–Crippen MR) is 87.1 cm³/mol. The molecular weight excluding hydrogens is 294 g/mol. The Morgan fingerprint density at radius 3 is 2.61 bits per heavy atom. The van der Waals surface area contributed by atoms with Crippen molar-refractivity contribution in [1.29, 1.82) is 0 Å². The minimum atomic E-state index is -0.790. The topological polar surface area (TPSA) is 66.8 Å². The molecule has 2 rings (SSSR count). The van der Waals surface area contributed by atoms with Crippen LogP contribution in [0.25, 0.3) is 0 Å². The number of aliphatic carboxylic acids is 1. The molecule has 1 aromatic carbocycles. The van der Waals surface area contributed by atoms with Gasteiger partial charge in [0.25, 0.3) is 0 Å². The van der Waals surface area contributed by atoms with Crippen LogP contribution in [0, 0.1) is 11.8 Å². The molecule has 0 aromatic heterocycles. The maximum absolute atomic E-state index is 12.5. The summed E-state index contributed by atoms with van der Waals surface area (Å²) in [5, 5.41) is 9.05. The van der Waals surface area contributed by atoms with Crippen LogP contribution in [0.4, 0.5) is 0 Å². The Morgan fingerprint density at radius 2 is 2.00 bits per heavy atom. The van der Waals surface area contributed by atoms with E-state index < -0.39 is 5.97 Å². The first-order valence-electron chi connectivity index (χ1n) is 8.10. The summed E-state index contributed by atoms with van der Waals surface area (Å²) in [7, 11) is 1.77. The van der Waals surface area contributed by atoms with Gasteiger partial charge in [-0.05, 0) is 50.8 Å². The Labute approximate surface area is 137 Å². The van der Waals surface area contributed by atoms with Crippen LogP contribution in [0.2, 0.25) is 0 Å². The maximum atomic E-state index is 12.5. The molecule has 23 heavy (non-hydrogen) atoms. The molecule has 0 heterocycles. The van der Waals surface area contributed by atoms with Crippen LogP contribution in [0.15, 0.2) is 24.3 Å². The third-order valence-electron chi connectivity index (χ3n) is 4.20. The molecule has 0 bridgehead atoms. The van der Waals surface area contributed by atoms with Crippen molar-refractivity contribution in [1.82, 2.24) is 4.90 Å². The van der Waals surface area contributed by atoms with Gasteiger partial charge in [0.2, 0.25) is 5.91 Å².